The zero-order valence-corrected chi connectivity index (χ0v) is 12.0. The van der Waals surface area contributed by atoms with Crippen LogP contribution in [-0.4, -0.2) is 0 Å². The van der Waals surface area contributed by atoms with Crippen LogP contribution in [0.1, 0.15) is 35.8 Å². The van der Waals surface area contributed by atoms with Gasteiger partial charge in [-0.1, -0.05) is 22.0 Å². The van der Waals surface area contributed by atoms with Crippen molar-refractivity contribution in [2.24, 2.45) is 0 Å². The minimum Gasteiger partial charge on any atom is -0.469 e. The molecule has 1 N–H and O–H groups in total. The lowest BCUT2D eigenvalue weighted by molar-refractivity contribution is 0.461. The van der Waals surface area contributed by atoms with Gasteiger partial charge < -0.3 is 9.73 Å². The molecule has 0 saturated heterocycles. The normalized spacial score (nSPS) is 18.4. The molecule has 94 valence electrons. The van der Waals surface area contributed by atoms with Crippen molar-refractivity contribution in [3.63, 3.8) is 0 Å². The van der Waals surface area contributed by atoms with E-state index >= 15 is 0 Å². The van der Waals surface area contributed by atoms with E-state index in [-0.39, 0.29) is 0 Å². The largest absolute Gasteiger partial charge is 0.469 e. The molecule has 0 amide bonds. The molecule has 0 radical (unpaired) electrons. The Balaban J connectivity index is 1.88. The molecule has 2 aromatic rings. The van der Waals surface area contributed by atoms with Crippen LogP contribution in [0.4, 0.5) is 5.69 Å². The highest BCUT2D eigenvalue weighted by atomic mass is 79.9. The first kappa shape index (κ1) is 11.8. The van der Waals surface area contributed by atoms with Crippen LogP contribution in [0.5, 0.6) is 0 Å². The standard InChI is InChI=1S/C15H16BrNO/c1-10-5-6-11(16)9-14(10)17-13-3-2-4-15-12(13)7-8-18-15/h5-9,13,17H,2-4H2,1H3. The van der Waals surface area contributed by atoms with Crippen molar-refractivity contribution in [3.05, 3.63) is 51.9 Å². The predicted octanol–water partition coefficient (Wildman–Crippen LogP) is 4.84. The van der Waals surface area contributed by atoms with Gasteiger partial charge in [0.05, 0.1) is 12.3 Å². The van der Waals surface area contributed by atoms with Crippen molar-refractivity contribution in [2.45, 2.75) is 32.2 Å². The minimum absolute atomic E-state index is 0.375. The van der Waals surface area contributed by atoms with Crippen molar-refractivity contribution in [3.8, 4) is 0 Å². The van der Waals surface area contributed by atoms with Gasteiger partial charge in [0.1, 0.15) is 5.76 Å². The summed E-state index contributed by atoms with van der Waals surface area (Å²) in [6, 6.07) is 8.82. The van der Waals surface area contributed by atoms with Gasteiger partial charge in [0.15, 0.2) is 0 Å². The SMILES string of the molecule is Cc1ccc(Br)cc1NC1CCCc2occc21. The summed E-state index contributed by atoms with van der Waals surface area (Å²) in [5.41, 5.74) is 3.79. The fraction of sp³-hybridized carbons (Fsp3) is 0.333. The summed E-state index contributed by atoms with van der Waals surface area (Å²) >= 11 is 3.53. The summed E-state index contributed by atoms with van der Waals surface area (Å²) in [5, 5.41) is 3.64. The number of fused-ring (bicyclic) bond motifs is 1. The second-order valence-corrected chi connectivity index (χ2v) is 5.76. The highest BCUT2D eigenvalue weighted by Crippen LogP contribution is 2.34. The number of hydrogen-bond acceptors (Lipinski definition) is 2. The van der Waals surface area contributed by atoms with Gasteiger partial charge in [0, 0.05) is 22.1 Å². The number of halogens is 1. The molecule has 0 saturated carbocycles. The number of anilines is 1. The molecule has 1 aliphatic carbocycles. The first-order valence-corrected chi connectivity index (χ1v) is 7.12. The van der Waals surface area contributed by atoms with Crippen molar-refractivity contribution < 1.29 is 4.42 Å². The summed E-state index contributed by atoms with van der Waals surface area (Å²) in [7, 11) is 0. The third kappa shape index (κ3) is 2.19. The van der Waals surface area contributed by atoms with Gasteiger partial charge in [-0.2, -0.15) is 0 Å². The van der Waals surface area contributed by atoms with E-state index in [1.54, 1.807) is 6.26 Å². The Labute approximate surface area is 116 Å². The summed E-state index contributed by atoms with van der Waals surface area (Å²) in [5.74, 6) is 1.14. The minimum atomic E-state index is 0.375. The Morgan fingerprint density at radius 1 is 1.33 bits per heavy atom. The van der Waals surface area contributed by atoms with Crippen molar-refractivity contribution in [2.75, 3.05) is 5.32 Å². The quantitative estimate of drug-likeness (QED) is 0.859. The molecule has 3 rings (SSSR count). The maximum Gasteiger partial charge on any atom is 0.109 e. The first-order valence-electron chi connectivity index (χ1n) is 6.33. The van der Waals surface area contributed by atoms with Crippen LogP contribution < -0.4 is 5.32 Å². The number of furan rings is 1. The Hall–Kier alpha value is -1.22. The summed E-state index contributed by atoms with van der Waals surface area (Å²) in [6.45, 7) is 2.13. The topological polar surface area (TPSA) is 25.2 Å². The Morgan fingerprint density at radius 2 is 2.22 bits per heavy atom. The molecule has 18 heavy (non-hydrogen) atoms. The van der Waals surface area contributed by atoms with E-state index in [0.717, 1.165) is 16.7 Å². The molecule has 1 unspecified atom stereocenters. The van der Waals surface area contributed by atoms with Crippen LogP contribution >= 0.6 is 15.9 Å². The maximum atomic E-state index is 5.53. The Morgan fingerprint density at radius 3 is 3.11 bits per heavy atom. The van der Waals surface area contributed by atoms with Crippen LogP contribution in [0.2, 0.25) is 0 Å². The van der Waals surface area contributed by atoms with E-state index in [2.05, 4.69) is 52.4 Å². The smallest absolute Gasteiger partial charge is 0.109 e. The Kier molecular flexibility index (Phi) is 3.16. The molecule has 1 atom stereocenters. The number of aryl methyl sites for hydroxylation is 2. The van der Waals surface area contributed by atoms with Gasteiger partial charge in [0.25, 0.3) is 0 Å². The molecule has 2 nitrogen and oxygen atoms in total. The van der Waals surface area contributed by atoms with Gasteiger partial charge in [-0.3, -0.25) is 0 Å². The average molecular weight is 306 g/mol. The molecular weight excluding hydrogens is 290 g/mol. The van der Waals surface area contributed by atoms with Gasteiger partial charge in [-0.25, -0.2) is 0 Å². The number of rotatable bonds is 2. The molecule has 0 spiro atoms. The van der Waals surface area contributed by atoms with Gasteiger partial charge >= 0.3 is 0 Å². The number of benzene rings is 1. The molecular formula is C15H16BrNO. The van der Waals surface area contributed by atoms with Crippen molar-refractivity contribution >= 4 is 21.6 Å². The van der Waals surface area contributed by atoms with Crippen LogP contribution in [0.15, 0.2) is 39.4 Å². The van der Waals surface area contributed by atoms with Crippen molar-refractivity contribution in [1.82, 2.24) is 0 Å². The molecule has 0 fully saturated rings. The van der Waals surface area contributed by atoms with Gasteiger partial charge in [0.2, 0.25) is 0 Å². The number of nitrogens with one attached hydrogen (secondary N) is 1. The lowest BCUT2D eigenvalue weighted by atomic mass is 9.93. The summed E-state index contributed by atoms with van der Waals surface area (Å²) < 4.78 is 6.64. The van der Waals surface area contributed by atoms with E-state index in [4.69, 9.17) is 4.42 Å². The molecule has 3 heteroatoms. The molecule has 1 aromatic carbocycles. The van der Waals surface area contributed by atoms with Gasteiger partial charge in [-0.05, 0) is 43.5 Å². The molecule has 0 aliphatic heterocycles. The van der Waals surface area contributed by atoms with E-state index in [0.29, 0.717) is 6.04 Å². The van der Waals surface area contributed by atoms with E-state index in [1.165, 1.54) is 29.7 Å². The molecule has 1 heterocycles. The predicted molar refractivity (Wildman–Crippen MR) is 76.9 cm³/mol. The zero-order chi connectivity index (χ0) is 12.5. The van der Waals surface area contributed by atoms with Crippen molar-refractivity contribution in [1.29, 1.82) is 0 Å². The molecule has 1 aliphatic rings. The van der Waals surface area contributed by atoms with Crippen LogP contribution in [0.25, 0.3) is 0 Å². The lowest BCUT2D eigenvalue weighted by Gasteiger charge is -2.24. The van der Waals surface area contributed by atoms with Gasteiger partial charge in [-0.15, -0.1) is 0 Å². The monoisotopic (exact) mass is 305 g/mol. The Bertz CT molecular complexity index is 561. The lowest BCUT2D eigenvalue weighted by Crippen LogP contribution is -2.16. The van der Waals surface area contributed by atoms with Crippen LogP contribution in [0.3, 0.4) is 0 Å². The number of hydrogen-bond donors (Lipinski definition) is 1. The maximum absolute atomic E-state index is 5.53. The second kappa shape index (κ2) is 4.81. The third-order valence-electron chi connectivity index (χ3n) is 3.58. The van der Waals surface area contributed by atoms with E-state index < -0.39 is 0 Å². The zero-order valence-electron chi connectivity index (χ0n) is 10.4. The molecule has 0 bridgehead atoms. The average Bonchev–Trinajstić information content (AvgIpc) is 2.83. The highest BCUT2D eigenvalue weighted by molar-refractivity contribution is 9.10. The first-order chi connectivity index (χ1) is 8.74. The summed E-state index contributed by atoms with van der Waals surface area (Å²) in [4.78, 5) is 0. The van der Waals surface area contributed by atoms with Crippen LogP contribution in [-0.2, 0) is 6.42 Å². The fourth-order valence-electron chi connectivity index (χ4n) is 2.57. The third-order valence-corrected chi connectivity index (χ3v) is 4.07. The molecule has 1 aromatic heterocycles. The second-order valence-electron chi connectivity index (χ2n) is 4.85. The fourth-order valence-corrected chi connectivity index (χ4v) is 2.93. The van der Waals surface area contributed by atoms with Crippen LogP contribution in [0, 0.1) is 6.92 Å². The summed E-state index contributed by atoms with van der Waals surface area (Å²) in [6.07, 6.45) is 5.22. The van der Waals surface area contributed by atoms with E-state index in [9.17, 15) is 0 Å². The highest BCUT2D eigenvalue weighted by Gasteiger charge is 2.22. The van der Waals surface area contributed by atoms with E-state index in [1.807, 2.05) is 0 Å².